The summed E-state index contributed by atoms with van der Waals surface area (Å²) in [7, 11) is 1.67. The molecule has 0 aromatic rings. The fourth-order valence-electron chi connectivity index (χ4n) is 1.77. The minimum absolute atomic E-state index is 0.121. The van der Waals surface area contributed by atoms with Crippen molar-refractivity contribution < 1.29 is 9.59 Å². The summed E-state index contributed by atoms with van der Waals surface area (Å²) in [5.41, 5.74) is 0.121. The number of carbonyl (C=O) groups excluding carboxylic acids is 2. The minimum Gasteiger partial charge on any atom is -0.336 e. The highest BCUT2D eigenvalue weighted by atomic mass is 79.9. The van der Waals surface area contributed by atoms with E-state index in [-0.39, 0.29) is 11.3 Å². The maximum Gasteiger partial charge on any atom is 0.312 e. The van der Waals surface area contributed by atoms with Crippen molar-refractivity contribution in [2.75, 3.05) is 32.0 Å². The highest BCUT2D eigenvalue weighted by Gasteiger charge is 2.34. The number of nitrogens with zero attached hydrogens (tertiary/aromatic N) is 2. The maximum absolute atomic E-state index is 11.8. The van der Waals surface area contributed by atoms with Crippen LogP contribution in [0.5, 0.6) is 0 Å². The number of rotatable bonds is 3. The summed E-state index contributed by atoms with van der Waals surface area (Å²) < 4.78 is 0. The number of alkyl halides is 1. The molecule has 0 N–H and O–H groups in total. The predicted molar refractivity (Wildman–Crippen MR) is 71.0 cm³/mol. The van der Waals surface area contributed by atoms with Crippen LogP contribution >= 0.6 is 15.9 Å². The number of amides is 2. The molecule has 5 heteroatoms. The van der Waals surface area contributed by atoms with Gasteiger partial charge < -0.3 is 9.80 Å². The minimum atomic E-state index is -0.390. The van der Waals surface area contributed by atoms with Crippen molar-refractivity contribution in [1.82, 2.24) is 9.80 Å². The number of halogens is 1. The van der Waals surface area contributed by atoms with Gasteiger partial charge in [0, 0.05) is 32.0 Å². The van der Waals surface area contributed by atoms with Crippen molar-refractivity contribution in [1.29, 1.82) is 0 Å². The van der Waals surface area contributed by atoms with Crippen molar-refractivity contribution >= 4 is 27.7 Å². The van der Waals surface area contributed by atoms with Gasteiger partial charge in [-0.25, -0.2) is 0 Å². The van der Waals surface area contributed by atoms with Crippen molar-refractivity contribution in [2.24, 2.45) is 11.3 Å². The zero-order valence-corrected chi connectivity index (χ0v) is 12.6. The zero-order chi connectivity index (χ0) is 13.2. The van der Waals surface area contributed by atoms with Crippen molar-refractivity contribution in [3.8, 4) is 0 Å². The molecule has 1 atom stereocenters. The molecule has 1 unspecified atom stereocenters. The molecule has 1 heterocycles. The van der Waals surface area contributed by atoms with Gasteiger partial charge in [0.05, 0.1) is 0 Å². The summed E-state index contributed by atoms with van der Waals surface area (Å²) in [6.07, 6.45) is 0. The van der Waals surface area contributed by atoms with Crippen molar-refractivity contribution in [2.45, 2.75) is 20.8 Å². The normalized spacial score (nSPS) is 19.8. The number of hydrogen-bond donors (Lipinski definition) is 0. The van der Waals surface area contributed by atoms with E-state index in [4.69, 9.17) is 0 Å². The number of likely N-dealkylation sites (N-methyl/N-ethyl adjacent to an activating group) is 1. The lowest BCUT2D eigenvalue weighted by Crippen LogP contribution is -2.54. The van der Waals surface area contributed by atoms with Crippen LogP contribution in [0.2, 0.25) is 0 Å². The molecule has 1 fully saturated rings. The fraction of sp³-hybridized carbons (Fsp3) is 0.833. The Bertz CT molecular complexity index is 312. The molecule has 1 aliphatic rings. The Balaban J connectivity index is 2.69. The first-order valence-electron chi connectivity index (χ1n) is 5.87. The second kappa shape index (κ2) is 5.38. The van der Waals surface area contributed by atoms with Gasteiger partial charge in [0.1, 0.15) is 0 Å². The topological polar surface area (TPSA) is 40.6 Å². The molecule has 17 heavy (non-hydrogen) atoms. The average Bonchev–Trinajstić information content (AvgIpc) is 2.23. The van der Waals surface area contributed by atoms with Gasteiger partial charge in [-0.3, -0.25) is 9.59 Å². The highest BCUT2D eigenvalue weighted by molar-refractivity contribution is 9.09. The van der Waals surface area contributed by atoms with Crippen LogP contribution in [0.1, 0.15) is 20.8 Å². The quantitative estimate of drug-likeness (QED) is 0.583. The smallest absolute Gasteiger partial charge is 0.312 e. The van der Waals surface area contributed by atoms with Crippen LogP contribution in [0.3, 0.4) is 0 Å². The van der Waals surface area contributed by atoms with Gasteiger partial charge in [-0.15, -0.1) is 0 Å². The van der Waals surface area contributed by atoms with E-state index in [1.165, 1.54) is 4.90 Å². The van der Waals surface area contributed by atoms with E-state index in [1.807, 2.05) is 0 Å². The Morgan fingerprint density at radius 3 is 2.29 bits per heavy atom. The van der Waals surface area contributed by atoms with Gasteiger partial charge >= 0.3 is 11.8 Å². The molecule has 0 radical (unpaired) electrons. The molecule has 1 aliphatic heterocycles. The lowest BCUT2D eigenvalue weighted by molar-refractivity contribution is -0.155. The molecule has 1 rings (SSSR count). The Morgan fingerprint density at radius 2 is 1.82 bits per heavy atom. The molecule has 0 aromatic carbocycles. The van der Waals surface area contributed by atoms with Crippen LogP contribution in [0.15, 0.2) is 0 Å². The molecule has 0 spiro atoms. The molecular formula is C12H21BrN2O2. The average molecular weight is 305 g/mol. The first kappa shape index (κ1) is 14.5. The van der Waals surface area contributed by atoms with Crippen LogP contribution < -0.4 is 0 Å². The largest absolute Gasteiger partial charge is 0.336 e. The van der Waals surface area contributed by atoms with E-state index in [0.717, 1.165) is 5.33 Å². The van der Waals surface area contributed by atoms with E-state index in [1.54, 1.807) is 11.9 Å². The molecule has 0 aliphatic carbocycles. The monoisotopic (exact) mass is 304 g/mol. The zero-order valence-electron chi connectivity index (χ0n) is 11.0. The van der Waals surface area contributed by atoms with E-state index in [0.29, 0.717) is 25.6 Å². The van der Waals surface area contributed by atoms with Crippen molar-refractivity contribution in [3.63, 3.8) is 0 Å². The molecule has 98 valence electrons. The Labute approximate surface area is 111 Å². The van der Waals surface area contributed by atoms with E-state index in [9.17, 15) is 9.59 Å². The SMILES string of the molecule is CN1CCN(CC(CBr)C(C)(C)C)C(=O)C1=O. The first-order chi connectivity index (χ1) is 7.77. The summed E-state index contributed by atoms with van der Waals surface area (Å²) in [4.78, 5) is 26.6. The van der Waals surface area contributed by atoms with Crippen LogP contribution in [-0.4, -0.2) is 53.6 Å². The van der Waals surface area contributed by atoms with Gasteiger partial charge in [-0.1, -0.05) is 36.7 Å². The summed E-state index contributed by atoms with van der Waals surface area (Å²) in [6, 6.07) is 0. The molecule has 0 aromatic heterocycles. The first-order valence-corrected chi connectivity index (χ1v) is 7.00. The third-order valence-electron chi connectivity index (χ3n) is 3.37. The number of piperazine rings is 1. The molecule has 0 saturated carbocycles. The van der Waals surface area contributed by atoms with E-state index in [2.05, 4.69) is 36.7 Å². The summed E-state index contributed by atoms with van der Waals surface area (Å²) in [5, 5.41) is 0.838. The summed E-state index contributed by atoms with van der Waals surface area (Å²) in [6.45, 7) is 8.38. The van der Waals surface area contributed by atoms with Crippen molar-refractivity contribution in [3.05, 3.63) is 0 Å². The maximum atomic E-state index is 11.8. The van der Waals surface area contributed by atoms with Crippen LogP contribution in [-0.2, 0) is 9.59 Å². The molecule has 4 nitrogen and oxygen atoms in total. The summed E-state index contributed by atoms with van der Waals surface area (Å²) >= 11 is 3.49. The van der Waals surface area contributed by atoms with Gasteiger partial charge in [0.2, 0.25) is 0 Å². The fourth-order valence-corrected chi connectivity index (χ4v) is 2.94. The molecule has 1 saturated heterocycles. The van der Waals surface area contributed by atoms with Gasteiger partial charge in [0.15, 0.2) is 0 Å². The van der Waals surface area contributed by atoms with Gasteiger partial charge in [0.25, 0.3) is 0 Å². The van der Waals surface area contributed by atoms with Gasteiger partial charge in [-0.05, 0) is 11.3 Å². The standard InChI is InChI=1S/C12H21BrN2O2/c1-12(2,3)9(7-13)8-15-6-5-14(4)10(16)11(15)17/h9H,5-8H2,1-4H3. The summed E-state index contributed by atoms with van der Waals surface area (Å²) in [5.74, 6) is -0.407. The molecule has 0 bridgehead atoms. The molecular weight excluding hydrogens is 284 g/mol. The highest BCUT2D eigenvalue weighted by Crippen LogP contribution is 2.28. The Morgan fingerprint density at radius 1 is 1.24 bits per heavy atom. The van der Waals surface area contributed by atoms with Gasteiger partial charge in [-0.2, -0.15) is 0 Å². The predicted octanol–water partition coefficient (Wildman–Crippen LogP) is 1.34. The Hall–Kier alpha value is -0.580. The Kier molecular flexibility index (Phi) is 4.58. The number of hydrogen-bond acceptors (Lipinski definition) is 2. The second-order valence-electron chi connectivity index (χ2n) is 5.70. The van der Waals surface area contributed by atoms with Crippen LogP contribution in [0.4, 0.5) is 0 Å². The molecule has 2 amide bonds. The van der Waals surface area contributed by atoms with Crippen LogP contribution in [0.25, 0.3) is 0 Å². The third-order valence-corrected chi connectivity index (χ3v) is 4.16. The second-order valence-corrected chi connectivity index (χ2v) is 6.34. The lowest BCUT2D eigenvalue weighted by Gasteiger charge is -2.37. The van der Waals surface area contributed by atoms with Crippen LogP contribution in [0, 0.1) is 11.3 Å². The van der Waals surface area contributed by atoms with E-state index >= 15 is 0 Å². The third kappa shape index (κ3) is 3.44. The number of carbonyl (C=O) groups is 2. The van der Waals surface area contributed by atoms with E-state index < -0.39 is 5.91 Å². The lowest BCUT2D eigenvalue weighted by atomic mass is 9.81.